The number of halogens is 5. The summed E-state index contributed by atoms with van der Waals surface area (Å²) in [4.78, 5) is 57.5. The summed E-state index contributed by atoms with van der Waals surface area (Å²) in [6.07, 6.45) is 1.75. The van der Waals surface area contributed by atoms with Gasteiger partial charge in [0.25, 0.3) is 0 Å². The maximum atomic E-state index is 11.7. The number of carbonyl (C=O) groups is 5. The average molecular weight is 1580 g/mol. The number of hydrogen-bond acceptors (Lipinski definition) is 13. The van der Waals surface area contributed by atoms with Crippen LogP contribution in [0.4, 0.5) is 5.69 Å². The van der Waals surface area contributed by atoms with E-state index in [1.54, 1.807) is 21.6 Å². The van der Waals surface area contributed by atoms with Gasteiger partial charge in [-0.05, 0) is 99.5 Å². The summed E-state index contributed by atoms with van der Waals surface area (Å²) >= 11 is 19.0. The van der Waals surface area contributed by atoms with Crippen molar-refractivity contribution in [2.24, 2.45) is 5.41 Å². The Balaban J connectivity index is -0.000000176. The molecule has 5 amide bonds. The van der Waals surface area contributed by atoms with Crippen LogP contribution in [0.15, 0.2) is 42.6 Å². The second kappa shape index (κ2) is 49.3. The average Bonchev–Trinajstić information content (AvgIpc) is 3.28. The fourth-order valence-corrected chi connectivity index (χ4v) is 13.5. The van der Waals surface area contributed by atoms with Crippen molar-refractivity contribution in [2.75, 3.05) is 61.9 Å². The lowest BCUT2D eigenvalue weighted by Gasteiger charge is -2.24. The molecule has 0 aliphatic heterocycles. The first-order chi connectivity index (χ1) is 36.0. The molecular weight excluding hydrogens is 1460 g/mol. The lowest BCUT2D eigenvalue weighted by Crippen LogP contribution is -2.39. The van der Waals surface area contributed by atoms with Crippen LogP contribution < -0.4 is 31.9 Å². The predicted molar refractivity (Wildman–Crippen MR) is 404 cm³/mol. The summed E-state index contributed by atoms with van der Waals surface area (Å²) < 4.78 is 5.43. The number of alkyl halides is 5. The Morgan fingerprint density at radius 1 is 0.554 bits per heavy atom. The van der Waals surface area contributed by atoms with Crippen LogP contribution in [0.5, 0.6) is 0 Å². The molecule has 0 aliphatic carbocycles. The number of para-hydroxylation sites is 1. The highest BCUT2D eigenvalue weighted by Gasteiger charge is 2.27. The van der Waals surface area contributed by atoms with Crippen LogP contribution in [0.3, 0.4) is 0 Å². The summed E-state index contributed by atoms with van der Waals surface area (Å²) in [6.45, 7) is 52.8. The molecule has 0 aliphatic rings. The molecule has 0 spiro atoms. The third-order valence-corrected chi connectivity index (χ3v) is 23.3. The van der Waals surface area contributed by atoms with Crippen molar-refractivity contribution in [3.05, 3.63) is 42.6 Å². The van der Waals surface area contributed by atoms with Crippen molar-refractivity contribution in [3.8, 4) is 0 Å². The van der Waals surface area contributed by atoms with E-state index < -0.39 is 21.3 Å². The van der Waals surface area contributed by atoms with E-state index >= 15 is 0 Å². The molecule has 2 atom stereocenters. The molecule has 6 N–H and O–H groups in total. The number of benzene rings is 1. The molecule has 24 heteroatoms. The number of hydrogen-bond donors (Lipinski definition) is 6. The summed E-state index contributed by atoms with van der Waals surface area (Å²) in [7, 11) is 9.37. The lowest BCUT2D eigenvalue weighted by molar-refractivity contribution is -0.128. The van der Waals surface area contributed by atoms with Gasteiger partial charge >= 0.3 is 0 Å². The van der Waals surface area contributed by atoms with Crippen LogP contribution in [0.2, 0.25) is 19.1 Å². The summed E-state index contributed by atoms with van der Waals surface area (Å²) in [5, 5.41) is 17.6. The zero-order valence-corrected chi connectivity index (χ0v) is 65.5. The molecular formula is C59H117Br4ClN6O6S6Si. The minimum atomic E-state index is -1.71. The maximum Gasteiger partial charge on any atom is 0.240 e. The van der Waals surface area contributed by atoms with Crippen LogP contribution in [-0.4, -0.2) is 132 Å². The van der Waals surface area contributed by atoms with Crippen LogP contribution in [-0.2, 0) is 28.4 Å². The van der Waals surface area contributed by atoms with Crippen molar-refractivity contribution in [1.29, 1.82) is 0 Å². The highest BCUT2D eigenvalue weighted by atomic mass is 79.9. The van der Waals surface area contributed by atoms with Crippen LogP contribution in [0.1, 0.15) is 174 Å². The van der Waals surface area contributed by atoms with Gasteiger partial charge in [-0.15, -0.1) is 11.6 Å². The Morgan fingerprint density at radius 3 is 1.25 bits per heavy atom. The van der Waals surface area contributed by atoms with E-state index in [9.17, 15) is 24.0 Å². The third-order valence-electron chi connectivity index (χ3n) is 8.93. The highest BCUT2D eigenvalue weighted by Crippen LogP contribution is 2.36. The Hall–Kier alpha value is 0.597. The van der Waals surface area contributed by atoms with Gasteiger partial charge in [-0.3, -0.25) is 24.0 Å². The van der Waals surface area contributed by atoms with Crippen molar-refractivity contribution in [3.63, 3.8) is 0 Å². The summed E-state index contributed by atoms with van der Waals surface area (Å²) in [5.74, 6) is 3.12. The molecule has 494 valence electrons. The molecule has 2 unspecified atom stereocenters. The van der Waals surface area contributed by atoms with E-state index in [2.05, 4.69) is 178 Å². The topological polar surface area (TPSA) is 167 Å². The van der Waals surface area contributed by atoms with E-state index in [-0.39, 0.29) is 76.9 Å². The van der Waals surface area contributed by atoms with Gasteiger partial charge in [0.05, 0.1) is 23.2 Å². The minimum absolute atomic E-state index is 0. The maximum absolute atomic E-state index is 11.7. The molecule has 1 rings (SSSR count). The molecule has 12 nitrogen and oxygen atoms in total. The Morgan fingerprint density at radius 2 is 0.904 bits per heavy atom. The number of anilines is 1. The normalized spacial score (nSPS) is 12.4. The first-order valence-corrected chi connectivity index (χ1v) is 40.7. The van der Waals surface area contributed by atoms with Gasteiger partial charge in [-0.25, -0.2) is 0 Å². The first-order valence-electron chi connectivity index (χ1n) is 26.9. The minimum Gasteiger partial charge on any atom is -0.417 e. The monoisotopic (exact) mass is 1580 g/mol. The molecule has 0 fully saturated rings. The molecule has 0 bridgehead atoms. The highest BCUT2D eigenvalue weighted by molar-refractivity contribution is 9.10. The van der Waals surface area contributed by atoms with Gasteiger partial charge in [-0.1, -0.05) is 259 Å². The first kappa shape index (κ1) is 97.2. The zero-order chi connectivity index (χ0) is 63.4. The molecule has 0 radical (unpaired) electrons. The smallest absolute Gasteiger partial charge is 0.240 e. The number of amides is 5. The fourth-order valence-electron chi connectivity index (χ4n) is 4.51. The fraction of sp³-hybridized carbons (Fsp3) is 0.780. The van der Waals surface area contributed by atoms with E-state index in [0.29, 0.717) is 24.4 Å². The number of nitrogens with one attached hydrogen (secondary N) is 6. The SMILES string of the molecule is C.C.C.C=C(NCCSSC(C)(C)C)C(C)Cl.CC(Br)C(=O)NCCSSC(C)(C)C.CC(C)(Br)C(=O)Nc1ccccc1.CC(C)(C)C(=O)NCCCO[Si](C)(C)CCCNC(=O)C(C)(C)Br.CC(C)(C)SSCCNC(=O)C(C)(C)Br. The summed E-state index contributed by atoms with van der Waals surface area (Å²) in [6, 6.07) is 10.4. The molecule has 1 aromatic rings. The second-order valence-electron chi connectivity index (χ2n) is 24.3. The standard InChI is InChI=1S/C17H35BrN2O3Si.C10H20BrNOS2.C10H12BrNO.C10H20ClNS2.C9H18BrNOS2.3CH4/c1-16(2,3)14(21)19-10-8-12-23-24(6,7)13-9-11-20-15(22)17(4,5)18;1-9(2,3)15-14-7-6-12-8(13)10(4,5)11;1-10(2,11)9(13)12-8-6-4-3-5-7-8;1-8(11)9(2)12-6-7-13-14-10(3,4)5;1-7(10)8(12)11-5-6-13-14-9(2,3)4;;;/h8-13H2,1-7H3,(H,19,21)(H,20,22);6-7H2,1-5H3,(H,12,13);3-7H,1-2H3,(H,12,13);8,12H,2,6-7H2,1,3-5H3;7H,5-6H2,1-4H3,(H,11,12);3*1H4. The van der Waals surface area contributed by atoms with Crippen molar-refractivity contribution < 1.29 is 28.4 Å². The van der Waals surface area contributed by atoms with E-state index in [0.717, 1.165) is 67.2 Å². The predicted octanol–water partition coefficient (Wildman–Crippen LogP) is 18.6. The molecule has 0 heterocycles. The second-order valence-corrected chi connectivity index (χ2v) is 46.4. The Bertz CT molecular complexity index is 1850. The summed E-state index contributed by atoms with van der Waals surface area (Å²) in [5.41, 5.74) is 1.39. The zero-order valence-electron chi connectivity index (χ0n) is 52.5. The molecule has 1 aromatic carbocycles. The van der Waals surface area contributed by atoms with Gasteiger partial charge in [0.15, 0.2) is 8.32 Å². The number of allylic oxidation sites excluding steroid dienone is 1. The largest absolute Gasteiger partial charge is 0.417 e. The van der Waals surface area contributed by atoms with Crippen molar-refractivity contribution in [2.45, 2.75) is 230 Å². The third kappa shape index (κ3) is 68.4. The molecule has 0 saturated heterocycles. The van der Waals surface area contributed by atoms with Gasteiger partial charge in [0, 0.05) is 87.6 Å². The molecule has 83 heavy (non-hydrogen) atoms. The van der Waals surface area contributed by atoms with Crippen LogP contribution in [0.25, 0.3) is 0 Å². The Labute approximate surface area is 573 Å². The van der Waals surface area contributed by atoms with Gasteiger partial charge < -0.3 is 36.3 Å². The van der Waals surface area contributed by atoms with Gasteiger partial charge in [0.1, 0.15) is 0 Å². The van der Waals surface area contributed by atoms with E-state index in [4.69, 9.17) is 16.0 Å². The van der Waals surface area contributed by atoms with Gasteiger partial charge in [0.2, 0.25) is 29.5 Å². The molecule has 0 aromatic heterocycles. The van der Waals surface area contributed by atoms with Crippen LogP contribution in [0, 0.1) is 5.41 Å². The number of rotatable bonds is 28. The van der Waals surface area contributed by atoms with E-state index in [1.807, 2.05) is 150 Å². The quantitative estimate of drug-likeness (QED) is 0.0203. The Kier molecular flexibility index (Phi) is 57.8. The van der Waals surface area contributed by atoms with Gasteiger partial charge in [-0.2, -0.15) is 0 Å². The molecule has 0 saturated carbocycles. The van der Waals surface area contributed by atoms with Crippen molar-refractivity contribution in [1.82, 2.24) is 26.6 Å². The lowest BCUT2D eigenvalue weighted by atomic mass is 9.96. The van der Waals surface area contributed by atoms with Crippen molar-refractivity contribution >= 4 is 184 Å². The number of carbonyl (C=O) groups excluding carboxylic acids is 5. The van der Waals surface area contributed by atoms with E-state index in [1.165, 1.54) is 0 Å². The van der Waals surface area contributed by atoms with Crippen LogP contribution >= 0.6 is 140 Å².